The summed E-state index contributed by atoms with van der Waals surface area (Å²) in [5.74, 6) is -1.12. The highest BCUT2D eigenvalue weighted by molar-refractivity contribution is 6.10. The van der Waals surface area contributed by atoms with Gasteiger partial charge in [-0.05, 0) is 37.6 Å². The van der Waals surface area contributed by atoms with Crippen molar-refractivity contribution in [1.82, 2.24) is 5.32 Å². The number of para-hydroxylation sites is 1. The number of carbonyl (C=O) groups is 4. The molecule has 0 radical (unpaired) electrons. The van der Waals surface area contributed by atoms with Gasteiger partial charge >= 0.3 is 0 Å². The van der Waals surface area contributed by atoms with Crippen LogP contribution in [0.25, 0.3) is 0 Å². The number of fused-ring (bicyclic) bond motifs is 1. The highest BCUT2D eigenvalue weighted by Gasteiger charge is 2.27. The molecule has 1 aliphatic rings. The van der Waals surface area contributed by atoms with Crippen molar-refractivity contribution in [3.63, 3.8) is 0 Å². The van der Waals surface area contributed by atoms with Gasteiger partial charge in [0.25, 0.3) is 5.91 Å². The summed E-state index contributed by atoms with van der Waals surface area (Å²) >= 11 is 0. The number of ketones is 1. The quantitative estimate of drug-likeness (QED) is 0.708. The molecule has 0 saturated carbocycles. The number of hydrogen-bond donors (Lipinski definition) is 3. The average molecular weight is 365 g/mol. The van der Waals surface area contributed by atoms with Gasteiger partial charge in [-0.3, -0.25) is 19.2 Å². The van der Waals surface area contributed by atoms with E-state index >= 15 is 0 Å². The van der Waals surface area contributed by atoms with Gasteiger partial charge in [-0.25, -0.2) is 0 Å². The van der Waals surface area contributed by atoms with Crippen LogP contribution in [0.1, 0.15) is 40.5 Å². The molecule has 0 bridgehead atoms. The topological polar surface area (TPSA) is 104 Å². The number of hydrogen-bond acceptors (Lipinski definition) is 4. The highest BCUT2D eigenvalue weighted by Crippen LogP contribution is 2.19. The Morgan fingerprint density at radius 3 is 2.63 bits per heavy atom. The van der Waals surface area contributed by atoms with Crippen LogP contribution in [-0.4, -0.2) is 29.5 Å². The molecule has 2 aromatic carbocycles. The van der Waals surface area contributed by atoms with Crippen molar-refractivity contribution in [2.24, 2.45) is 0 Å². The van der Waals surface area contributed by atoms with Gasteiger partial charge in [0, 0.05) is 17.7 Å². The van der Waals surface area contributed by atoms with E-state index in [-0.39, 0.29) is 36.3 Å². The molecule has 3 amide bonds. The molecule has 0 fully saturated rings. The summed E-state index contributed by atoms with van der Waals surface area (Å²) in [5, 5.41) is 8.06. The molecule has 1 atom stereocenters. The van der Waals surface area contributed by atoms with E-state index in [4.69, 9.17) is 0 Å². The molecule has 0 aromatic heterocycles. The fourth-order valence-electron chi connectivity index (χ4n) is 2.83. The van der Waals surface area contributed by atoms with Crippen molar-refractivity contribution < 1.29 is 19.2 Å². The predicted octanol–water partition coefficient (Wildman–Crippen LogP) is 2.36. The molecule has 27 heavy (non-hydrogen) atoms. The molecule has 3 N–H and O–H groups in total. The normalized spacial score (nSPS) is 15.8. The first-order valence-electron chi connectivity index (χ1n) is 8.55. The Morgan fingerprint density at radius 1 is 1.07 bits per heavy atom. The SMILES string of the molecule is CC(=O)c1cccc(NC(=O)CCC2NC(=O)c3ccccc3NC2=O)c1. The summed E-state index contributed by atoms with van der Waals surface area (Å²) < 4.78 is 0. The zero-order chi connectivity index (χ0) is 19.4. The van der Waals surface area contributed by atoms with Crippen LogP contribution >= 0.6 is 0 Å². The summed E-state index contributed by atoms with van der Waals surface area (Å²) in [4.78, 5) is 48.2. The number of rotatable bonds is 5. The van der Waals surface area contributed by atoms with Gasteiger partial charge in [0.2, 0.25) is 11.8 Å². The maximum Gasteiger partial charge on any atom is 0.254 e. The summed E-state index contributed by atoms with van der Waals surface area (Å²) in [6.07, 6.45) is 0.197. The third-order valence-electron chi connectivity index (χ3n) is 4.26. The van der Waals surface area contributed by atoms with Crippen LogP contribution in [0.4, 0.5) is 11.4 Å². The Hall–Kier alpha value is -3.48. The predicted molar refractivity (Wildman–Crippen MR) is 101 cm³/mol. The first-order valence-corrected chi connectivity index (χ1v) is 8.55. The fourth-order valence-corrected chi connectivity index (χ4v) is 2.83. The molecule has 3 rings (SSSR count). The second kappa shape index (κ2) is 7.82. The third-order valence-corrected chi connectivity index (χ3v) is 4.26. The van der Waals surface area contributed by atoms with Gasteiger partial charge in [0.15, 0.2) is 5.78 Å². The minimum atomic E-state index is -0.806. The van der Waals surface area contributed by atoms with Crippen LogP contribution in [0, 0.1) is 0 Å². The minimum absolute atomic E-state index is 0.0407. The fraction of sp³-hybridized carbons (Fsp3) is 0.200. The average Bonchev–Trinajstić information content (AvgIpc) is 2.76. The third kappa shape index (κ3) is 4.38. The van der Waals surface area contributed by atoms with E-state index < -0.39 is 6.04 Å². The second-order valence-electron chi connectivity index (χ2n) is 6.28. The van der Waals surface area contributed by atoms with Gasteiger partial charge < -0.3 is 16.0 Å². The largest absolute Gasteiger partial charge is 0.340 e. The molecule has 0 saturated heterocycles. The van der Waals surface area contributed by atoms with Crippen LogP contribution < -0.4 is 16.0 Å². The van der Waals surface area contributed by atoms with Crippen molar-refractivity contribution in [2.45, 2.75) is 25.8 Å². The van der Waals surface area contributed by atoms with Gasteiger partial charge in [0.05, 0.1) is 11.3 Å². The van der Waals surface area contributed by atoms with E-state index in [1.807, 2.05) is 0 Å². The lowest BCUT2D eigenvalue weighted by molar-refractivity contribution is -0.118. The van der Waals surface area contributed by atoms with Crippen LogP contribution in [0.15, 0.2) is 48.5 Å². The molecular weight excluding hydrogens is 346 g/mol. The molecular formula is C20H19N3O4. The van der Waals surface area contributed by atoms with Crippen LogP contribution in [-0.2, 0) is 9.59 Å². The standard InChI is InChI=1S/C20H19N3O4/c1-12(24)13-5-4-6-14(11-13)21-18(25)10-9-17-20(27)22-16-8-3-2-7-15(16)19(26)23-17/h2-8,11,17H,9-10H2,1H3,(H,21,25)(H,22,27)(H,23,26). The Morgan fingerprint density at radius 2 is 1.85 bits per heavy atom. The Kier molecular flexibility index (Phi) is 5.30. The highest BCUT2D eigenvalue weighted by atomic mass is 16.2. The van der Waals surface area contributed by atoms with Gasteiger partial charge in [-0.15, -0.1) is 0 Å². The van der Waals surface area contributed by atoms with E-state index in [1.54, 1.807) is 48.5 Å². The molecule has 0 aliphatic carbocycles. The number of Topliss-reactive ketones (excluding diaryl/α,β-unsaturated/α-hetero) is 1. The number of carbonyl (C=O) groups excluding carboxylic acids is 4. The lowest BCUT2D eigenvalue weighted by Crippen LogP contribution is -2.41. The lowest BCUT2D eigenvalue weighted by atomic mass is 10.1. The number of amides is 3. The van der Waals surface area contributed by atoms with E-state index in [2.05, 4.69) is 16.0 Å². The van der Waals surface area contributed by atoms with Gasteiger partial charge in [-0.2, -0.15) is 0 Å². The molecule has 1 heterocycles. The maximum atomic E-state index is 12.3. The van der Waals surface area contributed by atoms with Crippen molar-refractivity contribution in [3.8, 4) is 0 Å². The first-order chi connectivity index (χ1) is 12.9. The van der Waals surface area contributed by atoms with E-state index in [0.717, 1.165) is 0 Å². The lowest BCUT2D eigenvalue weighted by Gasteiger charge is -2.14. The van der Waals surface area contributed by atoms with Gasteiger partial charge in [-0.1, -0.05) is 24.3 Å². The molecule has 1 unspecified atom stereocenters. The van der Waals surface area contributed by atoms with Crippen molar-refractivity contribution >= 4 is 34.9 Å². The van der Waals surface area contributed by atoms with E-state index in [9.17, 15) is 19.2 Å². The van der Waals surface area contributed by atoms with Crippen molar-refractivity contribution in [1.29, 1.82) is 0 Å². The molecule has 0 spiro atoms. The van der Waals surface area contributed by atoms with E-state index in [0.29, 0.717) is 22.5 Å². The summed E-state index contributed by atoms with van der Waals surface area (Å²) in [6, 6.07) is 12.6. The monoisotopic (exact) mass is 365 g/mol. The van der Waals surface area contributed by atoms with Crippen LogP contribution in [0.3, 0.4) is 0 Å². The number of anilines is 2. The Balaban J connectivity index is 1.60. The van der Waals surface area contributed by atoms with Crippen LogP contribution in [0.2, 0.25) is 0 Å². The number of nitrogens with one attached hydrogen (secondary N) is 3. The zero-order valence-corrected chi connectivity index (χ0v) is 14.7. The summed E-state index contributed by atoms with van der Waals surface area (Å²) in [5.41, 5.74) is 1.85. The maximum absolute atomic E-state index is 12.3. The molecule has 7 nitrogen and oxygen atoms in total. The summed E-state index contributed by atoms with van der Waals surface area (Å²) in [6.45, 7) is 1.45. The molecule has 1 aliphatic heterocycles. The molecule has 2 aromatic rings. The Bertz CT molecular complexity index is 923. The zero-order valence-electron chi connectivity index (χ0n) is 14.7. The Labute approximate surface area is 156 Å². The second-order valence-corrected chi connectivity index (χ2v) is 6.28. The molecule has 138 valence electrons. The first kappa shape index (κ1) is 18.3. The number of benzene rings is 2. The van der Waals surface area contributed by atoms with Crippen molar-refractivity contribution in [2.75, 3.05) is 10.6 Å². The van der Waals surface area contributed by atoms with Crippen molar-refractivity contribution in [3.05, 3.63) is 59.7 Å². The summed E-state index contributed by atoms with van der Waals surface area (Å²) in [7, 11) is 0. The smallest absolute Gasteiger partial charge is 0.254 e. The molecule has 7 heteroatoms. The van der Waals surface area contributed by atoms with Gasteiger partial charge in [0.1, 0.15) is 6.04 Å². The minimum Gasteiger partial charge on any atom is -0.340 e. The van der Waals surface area contributed by atoms with E-state index in [1.165, 1.54) is 6.92 Å². The van der Waals surface area contributed by atoms with Crippen LogP contribution in [0.5, 0.6) is 0 Å².